The summed E-state index contributed by atoms with van der Waals surface area (Å²) in [6.45, 7) is 0. The number of hydrazine groups is 1. The first-order valence-corrected chi connectivity index (χ1v) is 7.78. The predicted molar refractivity (Wildman–Crippen MR) is 92.4 cm³/mol. The molecule has 0 radical (unpaired) electrons. The van der Waals surface area contributed by atoms with Crippen LogP contribution in [0.15, 0.2) is 52.5 Å². The molecule has 0 saturated carbocycles. The molecule has 122 valence electrons. The number of phenolic OH excluding ortho intramolecular Hbond substituents is 1. The second kappa shape index (κ2) is 6.37. The van der Waals surface area contributed by atoms with E-state index in [-0.39, 0.29) is 17.1 Å². The van der Waals surface area contributed by atoms with E-state index in [9.17, 15) is 14.7 Å². The van der Waals surface area contributed by atoms with E-state index >= 15 is 0 Å². The molecular formula is C17H13BrN2O4. The van der Waals surface area contributed by atoms with Crippen molar-refractivity contribution in [3.63, 3.8) is 0 Å². The van der Waals surface area contributed by atoms with Crippen LogP contribution >= 0.6 is 15.9 Å². The van der Waals surface area contributed by atoms with Gasteiger partial charge in [-0.3, -0.25) is 15.0 Å². The second-order valence-corrected chi connectivity index (χ2v) is 5.96. The Labute approximate surface area is 146 Å². The van der Waals surface area contributed by atoms with Gasteiger partial charge in [0.2, 0.25) is 0 Å². The number of nitrogens with zero attached hydrogens (tertiary/aromatic N) is 1. The third kappa shape index (κ3) is 2.98. The Balaban J connectivity index is 1.93. The number of ether oxygens (including phenoxy) is 1. The van der Waals surface area contributed by atoms with Gasteiger partial charge in [0.15, 0.2) is 11.5 Å². The van der Waals surface area contributed by atoms with Crippen LogP contribution in [0.25, 0.3) is 6.08 Å². The Morgan fingerprint density at radius 2 is 1.88 bits per heavy atom. The molecule has 0 atom stereocenters. The molecule has 0 aromatic heterocycles. The monoisotopic (exact) mass is 388 g/mol. The van der Waals surface area contributed by atoms with Gasteiger partial charge >= 0.3 is 0 Å². The number of amides is 2. The molecule has 1 saturated heterocycles. The van der Waals surface area contributed by atoms with Crippen LogP contribution < -0.4 is 15.2 Å². The number of halogens is 1. The number of anilines is 1. The van der Waals surface area contributed by atoms with Crippen molar-refractivity contribution in [2.24, 2.45) is 0 Å². The molecule has 6 nitrogen and oxygen atoms in total. The van der Waals surface area contributed by atoms with Crippen molar-refractivity contribution in [3.05, 3.63) is 58.1 Å². The number of aromatic hydroxyl groups is 1. The average Bonchev–Trinajstić information content (AvgIpc) is 2.85. The molecule has 2 N–H and O–H groups in total. The maximum absolute atomic E-state index is 12.5. The summed E-state index contributed by atoms with van der Waals surface area (Å²) in [4.78, 5) is 24.6. The summed E-state index contributed by atoms with van der Waals surface area (Å²) in [6.07, 6.45) is 1.46. The van der Waals surface area contributed by atoms with Crippen molar-refractivity contribution in [1.82, 2.24) is 5.43 Å². The van der Waals surface area contributed by atoms with Gasteiger partial charge in [-0.1, -0.05) is 22.0 Å². The molecule has 1 aliphatic heterocycles. The van der Waals surface area contributed by atoms with Crippen molar-refractivity contribution in [2.75, 3.05) is 12.1 Å². The second-order valence-electron chi connectivity index (χ2n) is 5.05. The van der Waals surface area contributed by atoms with Crippen LogP contribution in [0.3, 0.4) is 0 Å². The van der Waals surface area contributed by atoms with Crippen molar-refractivity contribution >= 4 is 39.5 Å². The number of rotatable bonds is 3. The molecule has 2 aromatic carbocycles. The molecule has 0 spiro atoms. The number of carbonyl (C=O) groups is 2. The Morgan fingerprint density at radius 1 is 1.17 bits per heavy atom. The molecule has 0 bridgehead atoms. The molecular weight excluding hydrogens is 376 g/mol. The third-order valence-electron chi connectivity index (χ3n) is 3.49. The number of phenols is 1. The van der Waals surface area contributed by atoms with Crippen LogP contribution in [-0.2, 0) is 9.59 Å². The standard InChI is InChI=1S/C17H13BrN2O4/c1-24-15-9-10(2-7-14(15)21)8-13-16(22)19-20(17(13)23)12-5-3-11(18)4-6-12/h2-9,21H,1H3,(H,19,22). The molecule has 24 heavy (non-hydrogen) atoms. The lowest BCUT2D eigenvalue weighted by Gasteiger charge is -2.14. The Kier molecular flexibility index (Phi) is 4.26. The van der Waals surface area contributed by atoms with Crippen molar-refractivity contribution in [3.8, 4) is 11.5 Å². The summed E-state index contributed by atoms with van der Waals surface area (Å²) in [5.41, 5.74) is 3.66. The zero-order valence-corrected chi connectivity index (χ0v) is 14.2. The van der Waals surface area contributed by atoms with Crippen LogP contribution in [-0.4, -0.2) is 24.0 Å². The quantitative estimate of drug-likeness (QED) is 0.625. The first-order chi connectivity index (χ1) is 11.5. The SMILES string of the molecule is COc1cc(C=C2C(=O)NN(c3ccc(Br)cc3)C2=O)ccc1O. The summed E-state index contributed by atoms with van der Waals surface area (Å²) < 4.78 is 5.90. The van der Waals surface area contributed by atoms with Gasteiger partial charge in [0.05, 0.1) is 12.8 Å². The van der Waals surface area contributed by atoms with Crippen molar-refractivity contribution in [2.45, 2.75) is 0 Å². The zero-order chi connectivity index (χ0) is 17.3. The smallest absolute Gasteiger partial charge is 0.282 e. The maximum atomic E-state index is 12.5. The van der Waals surface area contributed by atoms with E-state index in [2.05, 4.69) is 21.4 Å². The Bertz CT molecular complexity index is 846. The molecule has 1 heterocycles. The number of hydrogen-bond acceptors (Lipinski definition) is 4. The lowest BCUT2D eigenvalue weighted by molar-refractivity contribution is -0.117. The molecule has 2 amide bonds. The summed E-state index contributed by atoms with van der Waals surface area (Å²) in [5.74, 6) is -0.692. The van der Waals surface area contributed by atoms with Gasteiger partial charge in [0.1, 0.15) is 5.57 Å². The highest BCUT2D eigenvalue weighted by Gasteiger charge is 2.34. The summed E-state index contributed by atoms with van der Waals surface area (Å²) in [6, 6.07) is 11.6. The van der Waals surface area contributed by atoms with Gasteiger partial charge in [-0.25, -0.2) is 5.01 Å². The Hall–Kier alpha value is -2.80. The molecule has 0 aliphatic carbocycles. The summed E-state index contributed by atoms with van der Waals surface area (Å²) in [7, 11) is 1.43. The fraction of sp³-hybridized carbons (Fsp3) is 0.0588. The van der Waals surface area contributed by atoms with Crippen molar-refractivity contribution < 1.29 is 19.4 Å². The van der Waals surface area contributed by atoms with Crippen molar-refractivity contribution in [1.29, 1.82) is 0 Å². The highest BCUT2D eigenvalue weighted by molar-refractivity contribution is 9.10. The molecule has 3 rings (SSSR count). The molecule has 1 fully saturated rings. The normalized spacial score (nSPS) is 15.8. The fourth-order valence-corrected chi connectivity index (χ4v) is 2.54. The molecule has 2 aromatic rings. The van der Waals surface area contributed by atoms with E-state index in [0.717, 1.165) is 4.47 Å². The number of methoxy groups -OCH3 is 1. The van der Waals surface area contributed by atoms with E-state index in [1.807, 2.05) is 0 Å². The van der Waals surface area contributed by atoms with Gasteiger partial charge < -0.3 is 9.84 Å². The van der Waals surface area contributed by atoms with E-state index in [1.165, 1.54) is 24.3 Å². The first-order valence-electron chi connectivity index (χ1n) is 6.99. The van der Waals surface area contributed by atoms with E-state index in [4.69, 9.17) is 4.74 Å². The fourth-order valence-electron chi connectivity index (χ4n) is 2.28. The average molecular weight is 389 g/mol. The molecule has 1 aliphatic rings. The lowest BCUT2D eigenvalue weighted by Crippen LogP contribution is -2.35. The van der Waals surface area contributed by atoms with Crippen LogP contribution in [0, 0.1) is 0 Å². The number of hydrogen-bond donors (Lipinski definition) is 2. The van der Waals surface area contributed by atoms with Crippen LogP contribution in [0.5, 0.6) is 11.5 Å². The van der Waals surface area contributed by atoms with Gasteiger partial charge in [0, 0.05) is 4.47 Å². The summed E-state index contributed by atoms with van der Waals surface area (Å²) >= 11 is 3.32. The number of benzene rings is 2. The predicted octanol–water partition coefficient (Wildman–Crippen LogP) is 2.62. The van der Waals surface area contributed by atoms with Gasteiger partial charge in [-0.2, -0.15) is 0 Å². The van der Waals surface area contributed by atoms with Gasteiger partial charge in [-0.05, 0) is 48.0 Å². The van der Waals surface area contributed by atoms with E-state index in [1.54, 1.807) is 36.4 Å². The van der Waals surface area contributed by atoms with E-state index in [0.29, 0.717) is 11.3 Å². The molecule has 7 heteroatoms. The number of nitrogens with one attached hydrogen (secondary N) is 1. The molecule has 0 unspecified atom stereocenters. The minimum atomic E-state index is -0.491. The van der Waals surface area contributed by atoms with Gasteiger partial charge in [0.25, 0.3) is 11.8 Å². The minimum absolute atomic E-state index is 0.00524. The van der Waals surface area contributed by atoms with Crippen LogP contribution in [0.4, 0.5) is 5.69 Å². The van der Waals surface area contributed by atoms with Crippen LogP contribution in [0.2, 0.25) is 0 Å². The zero-order valence-electron chi connectivity index (χ0n) is 12.6. The Morgan fingerprint density at radius 3 is 2.54 bits per heavy atom. The highest BCUT2D eigenvalue weighted by atomic mass is 79.9. The maximum Gasteiger partial charge on any atom is 0.282 e. The van der Waals surface area contributed by atoms with E-state index < -0.39 is 11.8 Å². The lowest BCUT2D eigenvalue weighted by atomic mass is 10.1. The largest absolute Gasteiger partial charge is 0.504 e. The third-order valence-corrected chi connectivity index (χ3v) is 4.02. The van der Waals surface area contributed by atoms with Crippen LogP contribution in [0.1, 0.15) is 5.56 Å². The summed E-state index contributed by atoms with van der Waals surface area (Å²) in [5, 5.41) is 10.8. The highest BCUT2D eigenvalue weighted by Crippen LogP contribution is 2.28. The first kappa shape index (κ1) is 16.1. The van der Waals surface area contributed by atoms with Gasteiger partial charge in [-0.15, -0.1) is 0 Å². The minimum Gasteiger partial charge on any atom is -0.504 e. The number of carbonyl (C=O) groups excluding carboxylic acids is 2. The topological polar surface area (TPSA) is 78.9 Å².